The zero-order valence-electron chi connectivity index (χ0n) is 18.5. The van der Waals surface area contributed by atoms with E-state index >= 15 is 0 Å². The second-order valence-electron chi connectivity index (χ2n) is 9.20. The fraction of sp³-hybridized carbons (Fsp3) is 0.400. The summed E-state index contributed by atoms with van der Waals surface area (Å²) < 4.78 is 8.64. The summed E-state index contributed by atoms with van der Waals surface area (Å²) in [5.41, 5.74) is 16.6. The van der Waals surface area contributed by atoms with Crippen LogP contribution in [0.25, 0.3) is 11.3 Å². The molecule has 2 aliphatic rings. The van der Waals surface area contributed by atoms with Crippen LogP contribution < -0.4 is 15.8 Å². The topological polar surface area (TPSA) is 65.1 Å². The number of hydrogen-bond donors (Lipinski definition) is 2. The van der Waals surface area contributed by atoms with Crippen LogP contribution >= 0.6 is 0 Å². The molecule has 156 valence electrons. The number of rotatable bonds is 3. The molecule has 3 aromatic rings. The minimum absolute atomic E-state index is 0.164. The Morgan fingerprint density at radius 2 is 1.97 bits per heavy atom. The number of para-hydroxylation sites is 1. The highest BCUT2D eigenvalue weighted by atomic mass is 16.5. The molecular weight excluding hydrogens is 372 g/mol. The Morgan fingerprint density at radius 1 is 1.17 bits per heavy atom. The SMILES string of the molecule is Cc1c(C)c2c(c(C)c1N)C(Cn1nccc1-c1cccc3c1NCC3)C(C)(C)O2. The maximum absolute atomic E-state index is 6.51. The Bertz CT molecular complexity index is 1160. The van der Waals surface area contributed by atoms with Crippen LogP contribution in [0.3, 0.4) is 0 Å². The number of anilines is 2. The van der Waals surface area contributed by atoms with Crippen LogP contribution in [-0.4, -0.2) is 21.9 Å². The van der Waals surface area contributed by atoms with Gasteiger partial charge in [-0.1, -0.05) is 18.2 Å². The molecule has 1 aromatic heterocycles. The van der Waals surface area contributed by atoms with Crippen molar-refractivity contribution in [1.82, 2.24) is 9.78 Å². The summed E-state index contributed by atoms with van der Waals surface area (Å²) in [7, 11) is 0. The van der Waals surface area contributed by atoms with E-state index in [2.05, 4.69) is 68.9 Å². The number of nitrogens with two attached hydrogens (primary N) is 1. The first-order valence-corrected chi connectivity index (χ1v) is 10.8. The normalized spacial score (nSPS) is 18.6. The lowest BCUT2D eigenvalue weighted by Crippen LogP contribution is -2.33. The van der Waals surface area contributed by atoms with Crippen LogP contribution in [0.1, 0.15) is 47.6 Å². The molecule has 2 aliphatic heterocycles. The first-order valence-electron chi connectivity index (χ1n) is 10.8. The summed E-state index contributed by atoms with van der Waals surface area (Å²) in [6.07, 6.45) is 2.97. The van der Waals surface area contributed by atoms with E-state index in [1.165, 1.54) is 22.4 Å². The molecule has 30 heavy (non-hydrogen) atoms. The predicted octanol–water partition coefficient (Wildman–Crippen LogP) is 4.98. The third-order valence-electron chi connectivity index (χ3n) is 7.11. The minimum atomic E-state index is -0.335. The molecule has 5 nitrogen and oxygen atoms in total. The molecule has 0 fully saturated rings. The number of hydrogen-bond acceptors (Lipinski definition) is 4. The molecular formula is C25H30N4O. The Morgan fingerprint density at radius 3 is 2.77 bits per heavy atom. The van der Waals surface area contributed by atoms with Gasteiger partial charge in [0.25, 0.3) is 0 Å². The first-order chi connectivity index (χ1) is 14.3. The van der Waals surface area contributed by atoms with Crippen LogP contribution in [0.2, 0.25) is 0 Å². The molecule has 2 aromatic carbocycles. The van der Waals surface area contributed by atoms with Gasteiger partial charge in [-0.2, -0.15) is 5.10 Å². The van der Waals surface area contributed by atoms with Gasteiger partial charge in [0.1, 0.15) is 11.4 Å². The van der Waals surface area contributed by atoms with Gasteiger partial charge in [0.15, 0.2) is 0 Å². The number of aromatic nitrogens is 2. The smallest absolute Gasteiger partial charge is 0.127 e. The molecule has 3 heterocycles. The predicted molar refractivity (Wildman–Crippen MR) is 122 cm³/mol. The van der Waals surface area contributed by atoms with E-state index in [4.69, 9.17) is 15.6 Å². The Labute approximate surface area is 178 Å². The van der Waals surface area contributed by atoms with Gasteiger partial charge in [0.05, 0.1) is 12.2 Å². The van der Waals surface area contributed by atoms with Gasteiger partial charge in [-0.25, -0.2) is 0 Å². The Kier molecular flexibility index (Phi) is 4.14. The van der Waals surface area contributed by atoms with Crippen molar-refractivity contribution in [3.8, 4) is 17.0 Å². The lowest BCUT2D eigenvalue weighted by molar-refractivity contribution is 0.101. The van der Waals surface area contributed by atoms with Crippen molar-refractivity contribution in [3.05, 3.63) is 58.3 Å². The average molecular weight is 403 g/mol. The van der Waals surface area contributed by atoms with Crippen molar-refractivity contribution in [2.24, 2.45) is 0 Å². The van der Waals surface area contributed by atoms with Gasteiger partial charge in [-0.3, -0.25) is 4.68 Å². The summed E-state index contributed by atoms with van der Waals surface area (Å²) in [6, 6.07) is 8.65. The van der Waals surface area contributed by atoms with Gasteiger partial charge >= 0.3 is 0 Å². The molecule has 1 unspecified atom stereocenters. The lowest BCUT2D eigenvalue weighted by atomic mass is 9.82. The van der Waals surface area contributed by atoms with E-state index in [1.54, 1.807) is 0 Å². The second kappa shape index (κ2) is 6.53. The highest BCUT2D eigenvalue weighted by Crippen LogP contribution is 2.51. The fourth-order valence-corrected chi connectivity index (χ4v) is 5.15. The van der Waals surface area contributed by atoms with Gasteiger partial charge < -0.3 is 15.8 Å². The first kappa shape index (κ1) is 19.0. The summed E-state index contributed by atoms with van der Waals surface area (Å²) in [5.74, 6) is 1.17. The van der Waals surface area contributed by atoms with Crippen molar-refractivity contribution < 1.29 is 4.74 Å². The fourth-order valence-electron chi connectivity index (χ4n) is 5.15. The minimum Gasteiger partial charge on any atom is -0.487 e. The highest BCUT2D eigenvalue weighted by Gasteiger charge is 2.44. The summed E-state index contributed by atoms with van der Waals surface area (Å²) in [4.78, 5) is 0. The monoisotopic (exact) mass is 402 g/mol. The summed E-state index contributed by atoms with van der Waals surface area (Å²) in [5, 5.41) is 8.27. The number of benzene rings is 2. The molecule has 5 heteroatoms. The van der Waals surface area contributed by atoms with E-state index in [-0.39, 0.29) is 11.5 Å². The molecule has 0 saturated carbocycles. The Hall–Kier alpha value is -2.95. The third-order valence-corrected chi connectivity index (χ3v) is 7.11. The van der Waals surface area contributed by atoms with Crippen molar-refractivity contribution >= 4 is 11.4 Å². The molecule has 0 amide bonds. The van der Waals surface area contributed by atoms with Crippen LogP contribution in [0.15, 0.2) is 30.5 Å². The maximum atomic E-state index is 6.51. The quantitative estimate of drug-likeness (QED) is 0.607. The Balaban J connectivity index is 1.60. The number of nitrogens with one attached hydrogen (secondary N) is 1. The lowest BCUT2D eigenvalue weighted by Gasteiger charge is -2.27. The van der Waals surface area contributed by atoms with Gasteiger partial charge in [0, 0.05) is 41.2 Å². The number of nitrogen functional groups attached to an aromatic ring is 1. The molecule has 3 N–H and O–H groups in total. The van der Waals surface area contributed by atoms with Crippen molar-refractivity contribution in [3.63, 3.8) is 0 Å². The number of ether oxygens (including phenoxy) is 1. The van der Waals surface area contributed by atoms with Gasteiger partial charge in [-0.05, 0) is 69.4 Å². The average Bonchev–Trinajstić information content (AvgIpc) is 3.43. The number of nitrogens with zero attached hydrogens (tertiary/aromatic N) is 2. The van der Waals surface area contributed by atoms with Crippen molar-refractivity contribution in [2.75, 3.05) is 17.6 Å². The van der Waals surface area contributed by atoms with E-state index in [0.29, 0.717) is 0 Å². The van der Waals surface area contributed by atoms with Crippen molar-refractivity contribution in [1.29, 1.82) is 0 Å². The van der Waals surface area contributed by atoms with Gasteiger partial charge in [0.2, 0.25) is 0 Å². The highest BCUT2D eigenvalue weighted by molar-refractivity contribution is 5.80. The van der Waals surface area contributed by atoms with Crippen LogP contribution in [0.5, 0.6) is 5.75 Å². The molecule has 0 aliphatic carbocycles. The standard InChI is InChI=1S/C25H30N4O/c1-14-15(2)24-21(16(3)22(14)26)19(25(4,5)30-24)13-29-20(10-12-28-29)18-8-6-7-17-9-11-27-23(17)18/h6-8,10,12,19,27H,9,11,13,26H2,1-5H3. The zero-order chi connectivity index (χ0) is 21.2. The zero-order valence-corrected chi connectivity index (χ0v) is 18.5. The molecule has 0 radical (unpaired) electrons. The van der Waals surface area contributed by atoms with E-state index in [1.807, 2.05) is 6.20 Å². The third kappa shape index (κ3) is 2.64. The largest absolute Gasteiger partial charge is 0.487 e. The molecule has 0 saturated heterocycles. The number of fused-ring (bicyclic) bond motifs is 2. The van der Waals surface area contributed by atoms with E-state index in [9.17, 15) is 0 Å². The van der Waals surface area contributed by atoms with Crippen LogP contribution in [0, 0.1) is 20.8 Å². The van der Waals surface area contributed by atoms with Crippen LogP contribution in [-0.2, 0) is 13.0 Å². The molecule has 0 spiro atoms. The van der Waals surface area contributed by atoms with Crippen LogP contribution in [0.4, 0.5) is 11.4 Å². The molecule has 5 rings (SSSR count). The maximum Gasteiger partial charge on any atom is 0.127 e. The van der Waals surface area contributed by atoms with Crippen molar-refractivity contribution in [2.45, 2.75) is 59.1 Å². The van der Waals surface area contributed by atoms with E-state index in [0.717, 1.165) is 53.3 Å². The second-order valence-corrected chi connectivity index (χ2v) is 9.20. The summed E-state index contributed by atoms with van der Waals surface area (Å²) >= 11 is 0. The molecule has 1 atom stereocenters. The van der Waals surface area contributed by atoms with E-state index < -0.39 is 0 Å². The van der Waals surface area contributed by atoms with Gasteiger partial charge in [-0.15, -0.1) is 0 Å². The molecule has 0 bridgehead atoms. The summed E-state index contributed by atoms with van der Waals surface area (Å²) in [6.45, 7) is 12.4.